The second-order valence-corrected chi connectivity index (χ2v) is 5.28. The lowest BCUT2D eigenvalue weighted by atomic mass is 10.1. The molecule has 2 aromatic carbocycles. The Morgan fingerprint density at radius 3 is 2.48 bits per heavy atom. The summed E-state index contributed by atoms with van der Waals surface area (Å²) in [7, 11) is 0. The molecule has 7 heteroatoms. The first-order valence-electron chi connectivity index (χ1n) is 7.58. The van der Waals surface area contributed by atoms with E-state index in [0.29, 0.717) is 17.3 Å². The molecule has 0 fully saturated rings. The molecule has 0 unspecified atom stereocenters. The first kappa shape index (κ1) is 16.0. The second kappa shape index (κ2) is 7.16. The number of hydrogen-bond acceptors (Lipinski definition) is 7. The Morgan fingerprint density at radius 1 is 1.00 bits per heavy atom. The third-order valence-corrected chi connectivity index (χ3v) is 3.73. The van der Waals surface area contributed by atoms with Gasteiger partial charge in [0.1, 0.15) is 25.1 Å². The summed E-state index contributed by atoms with van der Waals surface area (Å²) < 4.78 is 0. The fraction of sp³-hybridized carbons (Fsp3) is 0.111. The van der Waals surface area contributed by atoms with E-state index in [-0.39, 0.29) is 13.1 Å². The van der Waals surface area contributed by atoms with Gasteiger partial charge in [0.25, 0.3) is 0 Å². The molecule has 3 rings (SSSR count). The number of aromatic nitrogens is 2. The number of nitrogen functional groups attached to an aromatic ring is 1. The topological polar surface area (TPSA) is 115 Å². The van der Waals surface area contributed by atoms with Crippen molar-refractivity contribution in [3.8, 4) is 12.1 Å². The Labute approximate surface area is 145 Å². The van der Waals surface area contributed by atoms with E-state index >= 15 is 0 Å². The van der Waals surface area contributed by atoms with Crippen molar-refractivity contribution in [1.82, 2.24) is 9.97 Å². The molecular weight excluding hydrogens is 314 g/mol. The van der Waals surface area contributed by atoms with E-state index in [1.807, 2.05) is 54.6 Å². The Morgan fingerprint density at radius 2 is 1.72 bits per heavy atom. The number of rotatable bonds is 5. The van der Waals surface area contributed by atoms with Crippen molar-refractivity contribution in [1.29, 1.82) is 10.5 Å². The van der Waals surface area contributed by atoms with E-state index in [4.69, 9.17) is 16.3 Å². The zero-order valence-corrected chi connectivity index (χ0v) is 13.3. The van der Waals surface area contributed by atoms with Crippen molar-refractivity contribution >= 4 is 33.8 Å². The highest BCUT2D eigenvalue weighted by molar-refractivity contribution is 5.96. The van der Waals surface area contributed by atoms with Crippen molar-refractivity contribution in [3.05, 3.63) is 48.8 Å². The zero-order chi connectivity index (χ0) is 17.6. The molecule has 3 N–H and O–H groups in total. The van der Waals surface area contributed by atoms with Crippen molar-refractivity contribution < 1.29 is 0 Å². The zero-order valence-electron chi connectivity index (χ0n) is 13.3. The maximum Gasteiger partial charge on any atom is 0.159 e. The monoisotopic (exact) mass is 329 g/mol. The third-order valence-electron chi connectivity index (χ3n) is 3.73. The molecule has 3 aromatic rings. The van der Waals surface area contributed by atoms with E-state index in [1.165, 1.54) is 11.2 Å². The Hall–Kier alpha value is -3.84. The van der Waals surface area contributed by atoms with Gasteiger partial charge in [-0.3, -0.25) is 0 Å². The van der Waals surface area contributed by atoms with Crippen molar-refractivity contribution in [2.75, 3.05) is 29.0 Å². The van der Waals surface area contributed by atoms with Crippen LogP contribution in [0, 0.1) is 22.7 Å². The van der Waals surface area contributed by atoms with Crippen LogP contribution in [0.2, 0.25) is 0 Å². The third kappa shape index (κ3) is 3.26. The number of nitrogens with one attached hydrogen (secondary N) is 1. The van der Waals surface area contributed by atoms with Crippen LogP contribution in [0.25, 0.3) is 10.8 Å². The summed E-state index contributed by atoms with van der Waals surface area (Å²) in [4.78, 5) is 9.84. The van der Waals surface area contributed by atoms with Gasteiger partial charge in [0.15, 0.2) is 11.6 Å². The lowest BCUT2D eigenvalue weighted by molar-refractivity contribution is 0.930. The minimum absolute atomic E-state index is 0.0164. The molecule has 0 aliphatic heterocycles. The lowest BCUT2D eigenvalue weighted by Crippen LogP contribution is -2.26. The van der Waals surface area contributed by atoms with Crippen LogP contribution in [-0.2, 0) is 0 Å². The Kier molecular flexibility index (Phi) is 4.59. The molecule has 0 atom stereocenters. The van der Waals surface area contributed by atoms with Crippen LogP contribution >= 0.6 is 0 Å². The van der Waals surface area contributed by atoms with Gasteiger partial charge < -0.3 is 16.0 Å². The molecular formula is C18H15N7. The molecule has 0 aliphatic carbocycles. The van der Waals surface area contributed by atoms with E-state index < -0.39 is 0 Å². The predicted molar refractivity (Wildman–Crippen MR) is 97.1 cm³/mol. The molecule has 7 nitrogen and oxygen atoms in total. The van der Waals surface area contributed by atoms with Crippen LogP contribution < -0.4 is 16.0 Å². The summed E-state index contributed by atoms with van der Waals surface area (Å²) in [6, 6.07) is 17.9. The average molecular weight is 329 g/mol. The Bertz CT molecular complexity index is 963. The maximum absolute atomic E-state index is 8.94. The normalized spacial score (nSPS) is 10.0. The molecule has 0 radical (unpaired) electrons. The minimum atomic E-state index is 0.0164. The SMILES string of the molecule is N#CCN(CC#N)c1ncnc(Nc2cccc3ccccc23)c1N. The van der Waals surface area contributed by atoms with Gasteiger partial charge in [0, 0.05) is 11.1 Å². The number of hydrogen-bond donors (Lipinski definition) is 2. The van der Waals surface area contributed by atoms with E-state index in [9.17, 15) is 0 Å². The van der Waals surface area contributed by atoms with Gasteiger partial charge in [-0.05, 0) is 11.5 Å². The second-order valence-electron chi connectivity index (χ2n) is 5.28. The molecule has 0 spiro atoms. The highest BCUT2D eigenvalue weighted by atomic mass is 15.2. The summed E-state index contributed by atoms with van der Waals surface area (Å²) in [6.45, 7) is 0.0327. The smallest absolute Gasteiger partial charge is 0.159 e. The number of fused-ring (bicyclic) bond motifs is 1. The standard InChI is InChI=1S/C18H15N7/c19-8-10-25(11-9-20)18-16(21)17(22-12-23-18)24-15-7-3-5-13-4-1-2-6-14(13)15/h1-7,12H,10-11,21H2,(H,22,23,24). The number of nitrogens with two attached hydrogens (primary N) is 1. The largest absolute Gasteiger partial charge is 0.393 e. The van der Waals surface area contributed by atoms with Crippen LogP contribution in [0.15, 0.2) is 48.8 Å². The maximum atomic E-state index is 8.94. The summed E-state index contributed by atoms with van der Waals surface area (Å²) >= 11 is 0. The summed E-state index contributed by atoms with van der Waals surface area (Å²) in [5, 5.41) is 23.2. The average Bonchev–Trinajstić information content (AvgIpc) is 2.64. The van der Waals surface area contributed by atoms with Crippen molar-refractivity contribution in [3.63, 3.8) is 0 Å². The van der Waals surface area contributed by atoms with Gasteiger partial charge in [-0.1, -0.05) is 36.4 Å². The van der Waals surface area contributed by atoms with E-state index in [0.717, 1.165) is 16.5 Å². The van der Waals surface area contributed by atoms with Crippen LogP contribution in [0.5, 0.6) is 0 Å². The van der Waals surface area contributed by atoms with E-state index in [1.54, 1.807) is 0 Å². The molecule has 0 saturated heterocycles. The van der Waals surface area contributed by atoms with Gasteiger partial charge in [-0.25, -0.2) is 9.97 Å². The summed E-state index contributed by atoms with van der Waals surface area (Å²) in [6.07, 6.45) is 1.36. The predicted octanol–water partition coefficient (Wildman–Crippen LogP) is 2.81. The number of benzene rings is 2. The van der Waals surface area contributed by atoms with Gasteiger partial charge in [-0.2, -0.15) is 10.5 Å². The van der Waals surface area contributed by atoms with Gasteiger partial charge in [0.05, 0.1) is 12.1 Å². The fourth-order valence-corrected chi connectivity index (χ4v) is 2.58. The number of anilines is 4. The number of nitriles is 2. The fourth-order valence-electron chi connectivity index (χ4n) is 2.58. The van der Waals surface area contributed by atoms with E-state index in [2.05, 4.69) is 15.3 Å². The molecule has 0 amide bonds. The quantitative estimate of drug-likeness (QED) is 0.691. The van der Waals surface area contributed by atoms with Crippen LogP contribution in [0.1, 0.15) is 0 Å². The van der Waals surface area contributed by atoms with Crippen molar-refractivity contribution in [2.45, 2.75) is 0 Å². The molecule has 1 heterocycles. The highest BCUT2D eigenvalue weighted by Gasteiger charge is 2.15. The lowest BCUT2D eigenvalue weighted by Gasteiger charge is -2.20. The molecule has 1 aromatic heterocycles. The summed E-state index contributed by atoms with van der Waals surface area (Å²) in [5.41, 5.74) is 7.34. The van der Waals surface area contributed by atoms with Crippen molar-refractivity contribution in [2.24, 2.45) is 0 Å². The van der Waals surface area contributed by atoms with Gasteiger partial charge in [0.2, 0.25) is 0 Å². The highest BCUT2D eigenvalue weighted by Crippen LogP contribution is 2.31. The van der Waals surface area contributed by atoms with Crippen LogP contribution in [0.3, 0.4) is 0 Å². The number of nitrogens with zero attached hydrogens (tertiary/aromatic N) is 5. The first-order chi connectivity index (χ1) is 12.2. The first-order valence-corrected chi connectivity index (χ1v) is 7.58. The van der Waals surface area contributed by atoms with Crippen LogP contribution in [-0.4, -0.2) is 23.1 Å². The molecule has 0 saturated carbocycles. The minimum Gasteiger partial charge on any atom is -0.393 e. The Balaban J connectivity index is 2.00. The van der Waals surface area contributed by atoms with Gasteiger partial charge in [-0.15, -0.1) is 0 Å². The molecule has 0 aliphatic rings. The van der Waals surface area contributed by atoms with Gasteiger partial charge >= 0.3 is 0 Å². The summed E-state index contributed by atoms with van der Waals surface area (Å²) in [5.74, 6) is 0.795. The van der Waals surface area contributed by atoms with Crippen LogP contribution in [0.4, 0.5) is 23.0 Å². The molecule has 25 heavy (non-hydrogen) atoms. The molecule has 0 bridgehead atoms. The molecule has 122 valence electrons.